The molecule has 5 rings (SSSR count). The topological polar surface area (TPSA) is 94.9 Å². The highest BCUT2D eigenvalue weighted by Gasteiger charge is 2.21. The molecule has 0 bridgehead atoms. The Labute approximate surface area is 306 Å². The van der Waals surface area contributed by atoms with Crippen LogP contribution in [0.4, 0.5) is 11.4 Å². The number of nitrogens with zero attached hydrogens (tertiary/aromatic N) is 3. The number of imidazole rings is 1. The quantitative estimate of drug-likeness (QED) is 0.0659. The number of fused-ring (bicyclic) bond motifs is 1. The molecule has 9 nitrogen and oxygen atoms in total. The second-order valence-corrected chi connectivity index (χ2v) is 14.2. The zero-order valence-corrected chi connectivity index (χ0v) is 31.2. The number of carbonyl (C=O) groups is 2. The maximum atomic E-state index is 13.7. The summed E-state index contributed by atoms with van der Waals surface area (Å²) in [6.45, 7) is 13.4. The van der Waals surface area contributed by atoms with E-state index in [0.29, 0.717) is 31.3 Å². The number of ether oxygens (including phenoxy) is 3. The predicted octanol–water partition coefficient (Wildman–Crippen LogP) is 9.01. The summed E-state index contributed by atoms with van der Waals surface area (Å²) in [5.74, 6) is 1.53. The van der Waals surface area contributed by atoms with Gasteiger partial charge in [0.05, 0.1) is 18.6 Å². The molecule has 1 N–H and O–H groups in total. The van der Waals surface area contributed by atoms with Crippen molar-refractivity contribution in [3.05, 3.63) is 96.1 Å². The fourth-order valence-corrected chi connectivity index (χ4v) is 6.83. The zero-order chi connectivity index (χ0) is 36.2. The predicted molar refractivity (Wildman–Crippen MR) is 206 cm³/mol. The van der Waals surface area contributed by atoms with Crippen molar-refractivity contribution in [3.8, 4) is 16.9 Å². The number of benzene rings is 3. The van der Waals surface area contributed by atoms with Gasteiger partial charge in [0, 0.05) is 60.4 Å². The molecule has 4 aromatic rings. The first-order valence-corrected chi connectivity index (χ1v) is 18.8. The van der Waals surface area contributed by atoms with E-state index in [1.54, 1.807) is 24.3 Å². The molecule has 0 saturated carbocycles. The van der Waals surface area contributed by atoms with Gasteiger partial charge in [0.15, 0.2) is 6.23 Å². The number of hydrogen-bond acceptors (Lipinski definition) is 8. The van der Waals surface area contributed by atoms with E-state index in [1.807, 2.05) is 47.9 Å². The Hall–Kier alpha value is -4.54. The smallest absolute Gasteiger partial charge is 0.304 e. The van der Waals surface area contributed by atoms with Crippen LogP contribution in [0.2, 0.25) is 0 Å². The van der Waals surface area contributed by atoms with E-state index in [9.17, 15) is 9.59 Å². The van der Waals surface area contributed by atoms with Gasteiger partial charge in [-0.3, -0.25) is 14.2 Å². The zero-order valence-electron chi connectivity index (χ0n) is 30.4. The summed E-state index contributed by atoms with van der Waals surface area (Å²) in [6.07, 6.45) is 7.91. The minimum absolute atomic E-state index is 0.0957. The third-order valence-corrected chi connectivity index (χ3v) is 9.57. The Kier molecular flexibility index (Phi) is 13.8. The van der Waals surface area contributed by atoms with Gasteiger partial charge in [-0.05, 0) is 97.0 Å². The molecule has 270 valence electrons. The van der Waals surface area contributed by atoms with Crippen LogP contribution in [0.3, 0.4) is 0 Å². The van der Waals surface area contributed by atoms with Crippen LogP contribution in [0.15, 0.2) is 89.7 Å². The van der Waals surface area contributed by atoms with Gasteiger partial charge >= 0.3 is 5.97 Å². The first-order chi connectivity index (χ1) is 24.7. The normalized spacial score (nSPS) is 13.3. The third-order valence-electron chi connectivity index (χ3n) is 8.53. The highest BCUT2D eigenvalue weighted by molar-refractivity contribution is 7.98. The minimum atomic E-state index is -0.426. The first-order valence-electron chi connectivity index (χ1n) is 17.8. The number of thioether (sulfide) groups is 1. The molecular weight excluding hydrogens is 661 g/mol. The van der Waals surface area contributed by atoms with Crippen LogP contribution >= 0.6 is 11.8 Å². The van der Waals surface area contributed by atoms with Crippen molar-refractivity contribution in [2.45, 2.75) is 70.8 Å². The molecule has 0 saturated heterocycles. The van der Waals surface area contributed by atoms with Crippen molar-refractivity contribution in [1.29, 1.82) is 0 Å². The molecule has 0 radical (unpaired) electrons. The number of anilines is 2. The molecule has 0 aliphatic carbocycles. The van der Waals surface area contributed by atoms with Crippen molar-refractivity contribution in [2.24, 2.45) is 5.92 Å². The second kappa shape index (κ2) is 18.6. The Balaban J connectivity index is 1.25. The van der Waals surface area contributed by atoms with E-state index >= 15 is 0 Å². The van der Waals surface area contributed by atoms with Crippen LogP contribution in [0, 0.1) is 5.92 Å². The van der Waals surface area contributed by atoms with Crippen LogP contribution in [-0.4, -0.2) is 54.3 Å². The Bertz CT molecular complexity index is 1770. The summed E-state index contributed by atoms with van der Waals surface area (Å²) in [6, 6.07) is 22.5. The number of esters is 1. The molecule has 1 aromatic heterocycles. The Morgan fingerprint density at radius 1 is 0.961 bits per heavy atom. The first kappa shape index (κ1) is 37.7. The van der Waals surface area contributed by atoms with E-state index in [1.165, 1.54) is 6.92 Å². The van der Waals surface area contributed by atoms with Crippen LogP contribution in [0.5, 0.6) is 5.75 Å². The molecule has 10 heteroatoms. The summed E-state index contributed by atoms with van der Waals surface area (Å²) in [5.41, 5.74) is 6.79. The highest BCUT2D eigenvalue weighted by atomic mass is 32.2. The van der Waals surface area contributed by atoms with Crippen LogP contribution in [-0.2, 0) is 24.8 Å². The summed E-state index contributed by atoms with van der Waals surface area (Å²) < 4.78 is 18.7. The van der Waals surface area contributed by atoms with Crippen molar-refractivity contribution < 1.29 is 23.8 Å². The van der Waals surface area contributed by atoms with E-state index in [2.05, 4.69) is 72.4 Å². The summed E-state index contributed by atoms with van der Waals surface area (Å²) in [7, 11) is 0. The lowest BCUT2D eigenvalue weighted by molar-refractivity contribution is -0.149. The number of aromatic nitrogens is 2. The van der Waals surface area contributed by atoms with Gasteiger partial charge in [-0.1, -0.05) is 45.4 Å². The van der Waals surface area contributed by atoms with Crippen LogP contribution in [0.25, 0.3) is 17.2 Å². The molecule has 1 aliphatic rings. The fourth-order valence-electron chi connectivity index (χ4n) is 5.96. The number of rotatable bonds is 17. The lowest BCUT2D eigenvalue weighted by Crippen LogP contribution is -2.29. The molecule has 3 aromatic carbocycles. The molecule has 0 fully saturated rings. The summed E-state index contributed by atoms with van der Waals surface area (Å²) in [5, 5.41) is 3.13. The monoisotopic (exact) mass is 710 g/mol. The third kappa shape index (κ3) is 11.0. The van der Waals surface area contributed by atoms with Gasteiger partial charge in [-0.2, -0.15) is 0 Å². The average molecular weight is 711 g/mol. The summed E-state index contributed by atoms with van der Waals surface area (Å²) >= 11 is 1.65. The maximum absolute atomic E-state index is 13.7. The SMILES string of the molecule is CCCCOCCOc1ccc(-c2ccc3c(c2)C=C(C(=O)Nc2ccc(SCc4cncn4C(C)OC(C)=O)cc2)CCN3CC(C)C)cc1. The molecule has 1 amide bonds. The largest absolute Gasteiger partial charge is 0.491 e. The highest BCUT2D eigenvalue weighted by Crippen LogP contribution is 2.34. The Morgan fingerprint density at radius 2 is 1.73 bits per heavy atom. The standard InChI is InChI=1S/C41H50N4O5S/c1-6-7-20-48-21-22-49-38-13-8-32(9-14-38)33-10-17-40-35(23-33)24-34(18-19-44(40)26-29(2)3)41(47)43-36-11-15-39(16-12-36)51-27-37-25-42-28-45(37)30(4)50-31(5)46/h8-17,23-25,28-30H,6-7,18-22,26-27H2,1-5H3,(H,43,47). The van der Waals surface area contributed by atoms with Crippen molar-refractivity contribution in [2.75, 3.05) is 43.1 Å². The minimum Gasteiger partial charge on any atom is -0.491 e. The van der Waals surface area contributed by atoms with Gasteiger partial charge < -0.3 is 24.4 Å². The number of unbranched alkanes of at least 4 members (excludes halogenated alkanes) is 1. The molecule has 1 unspecified atom stereocenters. The number of nitrogens with one attached hydrogen (secondary N) is 1. The van der Waals surface area contributed by atoms with Gasteiger partial charge in [0.1, 0.15) is 12.4 Å². The number of hydrogen-bond donors (Lipinski definition) is 1. The van der Waals surface area contributed by atoms with Crippen molar-refractivity contribution >= 4 is 41.1 Å². The number of amides is 1. The fraction of sp³-hybridized carbons (Fsp3) is 0.390. The van der Waals surface area contributed by atoms with Gasteiger partial charge in [0.2, 0.25) is 0 Å². The molecular formula is C41H50N4O5S. The van der Waals surface area contributed by atoms with Crippen LogP contribution < -0.4 is 15.0 Å². The number of carbonyl (C=O) groups excluding carboxylic acids is 2. The molecule has 1 aliphatic heterocycles. The summed E-state index contributed by atoms with van der Waals surface area (Å²) in [4.78, 5) is 32.8. The van der Waals surface area contributed by atoms with Gasteiger partial charge in [-0.15, -0.1) is 11.8 Å². The van der Waals surface area contributed by atoms with E-state index in [0.717, 1.165) is 82.5 Å². The van der Waals surface area contributed by atoms with E-state index in [-0.39, 0.29) is 11.9 Å². The lowest BCUT2D eigenvalue weighted by atomic mass is 10.00. The second-order valence-electron chi connectivity index (χ2n) is 13.1. The van der Waals surface area contributed by atoms with Gasteiger partial charge in [-0.25, -0.2) is 4.98 Å². The lowest BCUT2D eigenvalue weighted by Gasteiger charge is -2.27. The molecule has 0 spiro atoms. The van der Waals surface area contributed by atoms with Crippen molar-refractivity contribution in [3.63, 3.8) is 0 Å². The molecule has 1 atom stereocenters. The van der Waals surface area contributed by atoms with Crippen molar-refractivity contribution in [1.82, 2.24) is 9.55 Å². The molecule has 2 heterocycles. The Morgan fingerprint density at radius 3 is 2.45 bits per heavy atom. The van der Waals surface area contributed by atoms with E-state index in [4.69, 9.17) is 14.2 Å². The van der Waals surface area contributed by atoms with Gasteiger partial charge in [0.25, 0.3) is 5.91 Å². The maximum Gasteiger partial charge on any atom is 0.304 e. The molecule has 51 heavy (non-hydrogen) atoms. The van der Waals surface area contributed by atoms with E-state index < -0.39 is 6.23 Å². The average Bonchev–Trinajstić information content (AvgIpc) is 3.52. The van der Waals surface area contributed by atoms with Crippen LogP contribution in [0.1, 0.15) is 71.4 Å².